The van der Waals surface area contributed by atoms with Gasteiger partial charge in [-0.2, -0.15) is 0 Å². The highest BCUT2D eigenvalue weighted by Crippen LogP contribution is 2.17. The van der Waals surface area contributed by atoms with Crippen molar-refractivity contribution in [3.8, 4) is 0 Å². The topological polar surface area (TPSA) is 0 Å². The van der Waals surface area contributed by atoms with E-state index in [1.165, 1.54) is 18.4 Å². The van der Waals surface area contributed by atoms with Gasteiger partial charge in [-0.1, -0.05) is 67.9 Å². The molecular weight excluding hydrogens is 143 g/mol. The number of benzene rings is 1. The van der Waals surface area contributed by atoms with Gasteiger partial charge in [-0.15, -0.1) is 0 Å². The summed E-state index contributed by atoms with van der Waals surface area (Å²) < 4.78 is 0. The Kier molecular flexibility index (Phi) is 3.92. The van der Waals surface area contributed by atoms with E-state index in [1.807, 2.05) is 18.2 Å². The van der Waals surface area contributed by atoms with E-state index in [1.54, 1.807) is 0 Å². The van der Waals surface area contributed by atoms with Crippen molar-refractivity contribution in [2.24, 2.45) is 0 Å². The second-order valence-electron chi connectivity index (χ2n) is 3.16. The summed E-state index contributed by atoms with van der Waals surface area (Å²) in [6.45, 7) is 2.19. The van der Waals surface area contributed by atoms with Gasteiger partial charge in [0.15, 0.2) is 0 Å². The van der Waals surface area contributed by atoms with Crippen molar-refractivity contribution in [3.63, 3.8) is 0 Å². The van der Waals surface area contributed by atoms with Crippen LogP contribution in [0.2, 0.25) is 0 Å². The smallest absolute Gasteiger partial charge is 0.0654 e. The summed E-state index contributed by atoms with van der Waals surface area (Å²) in [4.78, 5) is 0. The maximum absolute atomic E-state index is 5.98. The van der Waals surface area contributed by atoms with E-state index >= 15 is 0 Å². The van der Waals surface area contributed by atoms with Gasteiger partial charge >= 0.3 is 0 Å². The van der Waals surface area contributed by atoms with Gasteiger partial charge in [-0.25, -0.2) is 0 Å². The minimum Gasteiger partial charge on any atom is -0.0654 e. The van der Waals surface area contributed by atoms with Crippen molar-refractivity contribution < 1.29 is 0 Å². The zero-order valence-electron chi connectivity index (χ0n) is 7.66. The number of rotatable bonds is 4. The van der Waals surface area contributed by atoms with Crippen LogP contribution in [0.4, 0.5) is 0 Å². The minimum absolute atomic E-state index is 0.228. The second kappa shape index (κ2) is 5.02. The van der Waals surface area contributed by atoms with Gasteiger partial charge in [0.25, 0.3) is 0 Å². The maximum atomic E-state index is 5.98. The van der Waals surface area contributed by atoms with E-state index in [2.05, 4.69) is 19.1 Å². The van der Waals surface area contributed by atoms with Crippen molar-refractivity contribution in [2.75, 3.05) is 0 Å². The molecule has 0 aliphatic carbocycles. The average Bonchev–Trinajstić information content (AvgIpc) is 2.15. The van der Waals surface area contributed by atoms with Gasteiger partial charge in [0.2, 0.25) is 0 Å². The fraction of sp³-hybridized carbons (Fsp3) is 0.455. The highest BCUT2D eigenvalue weighted by molar-refractivity contribution is 6.12. The lowest BCUT2D eigenvalue weighted by Crippen LogP contribution is -1.97. The molecule has 0 heterocycles. The van der Waals surface area contributed by atoms with Crippen LogP contribution in [0.25, 0.3) is 0 Å². The Morgan fingerprint density at radius 2 is 1.92 bits per heavy atom. The molecule has 1 atom stereocenters. The molecule has 0 nitrogen and oxygen atoms in total. The normalized spacial score (nSPS) is 12.8. The van der Waals surface area contributed by atoms with Gasteiger partial charge < -0.3 is 0 Å². The first kappa shape index (κ1) is 9.37. The molecule has 0 fully saturated rings. The Balaban J connectivity index is 2.48. The highest BCUT2D eigenvalue weighted by Gasteiger charge is 2.02. The lowest BCUT2D eigenvalue weighted by atomic mass is 9.78. The van der Waals surface area contributed by atoms with Crippen molar-refractivity contribution in [1.82, 2.24) is 0 Å². The molecule has 0 N–H and O–H groups in total. The molecule has 1 aromatic rings. The summed E-state index contributed by atoms with van der Waals surface area (Å²) >= 11 is 0. The summed E-state index contributed by atoms with van der Waals surface area (Å²) in [6.07, 6.45) is 3.54. The molecule has 1 aromatic carbocycles. The molecule has 1 rings (SSSR count). The van der Waals surface area contributed by atoms with Crippen LogP contribution in [-0.2, 0) is 0 Å². The lowest BCUT2D eigenvalue weighted by molar-refractivity contribution is 0.700. The third-order valence-electron chi connectivity index (χ3n) is 2.10. The fourth-order valence-electron chi connectivity index (χ4n) is 1.29. The van der Waals surface area contributed by atoms with Gasteiger partial charge in [0.1, 0.15) is 0 Å². The second-order valence-corrected chi connectivity index (χ2v) is 3.16. The zero-order chi connectivity index (χ0) is 8.81. The van der Waals surface area contributed by atoms with Gasteiger partial charge in [0.05, 0.1) is 7.85 Å². The number of unbranched alkanes of at least 4 members (excludes halogenated alkanes) is 1. The van der Waals surface area contributed by atoms with Gasteiger partial charge in [-0.05, 0) is 0 Å². The fourth-order valence-corrected chi connectivity index (χ4v) is 1.29. The predicted molar refractivity (Wildman–Crippen MR) is 54.5 cm³/mol. The summed E-state index contributed by atoms with van der Waals surface area (Å²) in [6, 6.07) is 10.3. The van der Waals surface area contributed by atoms with Crippen molar-refractivity contribution >= 4 is 7.85 Å². The standard InChI is InChI=1S/C11H15B/c1-2-3-9-11(12)10-7-5-4-6-8-10/h4-8,11H,2-3,9H2,1H3. The van der Waals surface area contributed by atoms with Crippen LogP contribution >= 0.6 is 0 Å². The summed E-state index contributed by atoms with van der Waals surface area (Å²) in [5, 5.41) is 0. The molecule has 0 bridgehead atoms. The van der Waals surface area contributed by atoms with Crippen LogP contribution in [0, 0.1) is 0 Å². The van der Waals surface area contributed by atoms with Crippen LogP contribution < -0.4 is 0 Å². The Hall–Kier alpha value is -0.715. The Morgan fingerprint density at radius 1 is 1.25 bits per heavy atom. The predicted octanol–water partition coefficient (Wildman–Crippen LogP) is 3.09. The van der Waals surface area contributed by atoms with E-state index in [0.717, 1.165) is 6.42 Å². The van der Waals surface area contributed by atoms with Gasteiger partial charge in [0, 0.05) is 0 Å². The van der Waals surface area contributed by atoms with Crippen LogP contribution in [0.1, 0.15) is 37.6 Å². The molecule has 1 unspecified atom stereocenters. The molecule has 2 radical (unpaired) electrons. The van der Waals surface area contributed by atoms with Gasteiger partial charge in [-0.3, -0.25) is 0 Å². The molecule has 0 amide bonds. The monoisotopic (exact) mass is 158 g/mol. The molecule has 0 saturated carbocycles. The van der Waals surface area contributed by atoms with Crippen molar-refractivity contribution in [2.45, 2.75) is 32.0 Å². The van der Waals surface area contributed by atoms with Crippen LogP contribution in [0.15, 0.2) is 30.3 Å². The summed E-state index contributed by atoms with van der Waals surface area (Å²) in [5.41, 5.74) is 1.26. The zero-order valence-corrected chi connectivity index (χ0v) is 7.66. The highest BCUT2D eigenvalue weighted by atomic mass is 14.0. The quantitative estimate of drug-likeness (QED) is 0.590. The van der Waals surface area contributed by atoms with Crippen molar-refractivity contribution in [1.29, 1.82) is 0 Å². The molecule has 62 valence electrons. The molecule has 0 aliphatic heterocycles. The molecule has 1 heteroatoms. The van der Waals surface area contributed by atoms with E-state index < -0.39 is 0 Å². The first-order chi connectivity index (χ1) is 5.84. The molecular formula is C11H15B. The Morgan fingerprint density at radius 3 is 2.50 bits per heavy atom. The minimum atomic E-state index is 0.228. The molecule has 0 aromatic heterocycles. The first-order valence-corrected chi connectivity index (χ1v) is 4.65. The van der Waals surface area contributed by atoms with Crippen LogP contribution in [0.5, 0.6) is 0 Å². The maximum Gasteiger partial charge on any atom is 0.0763 e. The average molecular weight is 158 g/mol. The molecule has 12 heavy (non-hydrogen) atoms. The number of hydrogen-bond donors (Lipinski definition) is 0. The van der Waals surface area contributed by atoms with E-state index in [-0.39, 0.29) is 5.82 Å². The van der Waals surface area contributed by atoms with E-state index in [9.17, 15) is 0 Å². The first-order valence-electron chi connectivity index (χ1n) is 4.65. The third kappa shape index (κ3) is 2.73. The Labute approximate surface area is 76.4 Å². The van der Waals surface area contributed by atoms with E-state index in [0.29, 0.717) is 0 Å². The SMILES string of the molecule is [B]C(CCCC)c1ccccc1. The summed E-state index contributed by atoms with van der Waals surface area (Å²) in [7, 11) is 5.98. The van der Waals surface area contributed by atoms with E-state index in [4.69, 9.17) is 7.85 Å². The molecule has 0 aliphatic rings. The largest absolute Gasteiger partial charge is 0.0763 e. The van der Waals surface area contributed by atoms with Crippen LogP contribution in [0.3, 0.4) is 0 Å². The summed E-state index contributed by atoms with van der Waals surface area (Å²) in [5.74, 6) is 0.228. The lowest BCUT2D eigenvalue weighted by Gasteiger charge is -2.10. The van der Waals surface area contributed by atoms with Crippen molar-refractivity contribution in [3.05, 3.63) is 35.9 Å². The number of hydrogen-bond acceptors (Lipinski definition) is 0. The third-order valence-corrected chi connectivity index (χ3v) is 2.10. The molecule has 0 spiro atoms. The molecule has 0 saturated heterocycles. The van der Waals surface area contributed by atoms with Crippen LogP contribution in [-0.4, -0.2) is 7.85 Å². The Bertz CT molecular complexity index is 206.